The first-order valence-electron chi connectivity index (χ1n) is 4.89. The van der Waals surface area contributed by atoms with Gasteiger partial charge in [0.2, 0.25) is 0 Å². The molecule has 1 unspecified atom stereocenters. The SMILES string of the molecule is Cc1cc(F)ccc1SC1CCNC1. The van der Waals surface area contributed by atoms with Crippen molar-refractivity contribution in [2.75, 3.05) is 13.1 Å². The van der Waals surface area contributed by atoms with Gasteiger partial charge < -0.3 is 5.32 Å². The Labute approximate surface area is 88.1 Å². The zero-order valence-corrected chi connectivity index (χ0v) is 9.03. The van der Waals surface area contributed by atoms with Crippen LogP contribution in [-0.2, 0) is 0 Å². The molecule has 0 aromatic heterocycles. The normalized spacial score (nSPS) is 21.4. The van der Waals surface area contributed by atoms with Gasteiger partial charge >= 0.3 is 0 Å². The minimum atomic E-state index is -0.142. The third-order valence-electron chi connectivity index (χ3n) is 2.45. The van der Waals surface area contributed by atoms with Gasteiger partial charge in [-0.2, -0.15) is 0 Å². The van der Waals surface area contributed by atoms with E-state index in [0.29, 0.717) is 5.25 Å². The molecule has 1 nitrogen and oxygen atoms in total. The summed E-state index contributed by atoms with van der Waals surface area (Å²) in [6.07, 6.45) is 1.21. The van der Waals surface area contributed by atoms with Crippen molar-refractivity contribution in [3.05, 3.63) is 29.6 Å². The van der Waals surface area contributed by atoms with Gasteiger partial charge in [-0.1, -0.05) is 0 Å². The quantitative estimate of drug-likeness (QED) is 0.807. The monoisotopic (exact) mass is 211 g/mol. The van der Waals surface area contributed by atoms with Crippen molar-refractivity contribution in [3.63, 3.8) is 0 Å². The van der Waals surface area contributed by atoms with E-state index >= 15 is 0 Å². The minimum Gasteiger partial charge on any atom is -0.316 e. The summed E-state index contributed by atoms with van der Waals surface area (Å²) in [7, 11) is 0. The van der Waals surface area contributed by atoms with Gasteiger partial charge in [-0.25, -0.2) is 4.39 Å². The average Bonchev–Trinajstić information content (AvgIpc) is 2.62. The number of aryl methyl sites for hydroxylation is 1. The van der Waals surface area contributed by atoms with Crippen molar-refractivity contribution in [1.29, 1.82) is 0 Å². The molecular formula is C11H14FNS. The summed E-state index contributed by atoms with van der Waals surface area (Å²) >= 11 is 1.86. The minimum absolute atomic E-state index is 0.142. The first kappa shape index (κ1) is 9.99. The van der Waals surface area contributed by atoms with Crippen LogP contribution in [0.2, 0.25) is 0 Å². The van der Waals surface area contributed by atoms with Crippen molar-refractivity contribution in [2.45, 2.75) is 23.5 Å². The summed E-state index contributed by atoms with van der Waals surface area (Å²) in [4.78, 5) is 1.21. The van der Waals surface area contributed by atoms with Crippen molar-refractivity contribution in [2.24, 2.45) is 0 Å². The molecule has 0 amide bonds. The van der Waals surface area contributed by atoms with E-state index in [4.69, 9.17) is 0 Å². The highest BCUT2D eigenvalue weighted by Crippen LogP contribution is 2.29. The molecule has 1 saturated heterocycles. The van der Waals surface area contributed by atoms with E-state index in [1.54, 1.807) is 6.07 Å². The zero-order valence-electron chi connectivity index (χ0n) is 8.22. The molecule has 0 radical (unpaired) electrons. The molecule has 1 N–H and O–H groups in total. The topological polar surface area (TPSA) is 12.0 Å². The van der Waals surface area contributed by atoms with Crippen molar-refractivity contribution in [3.8, 4) is 0 Å². The number of hydrogen-bond donors (Lipinski definition) is 1. The lowest BCUT2D eigenvalue weighted by atomic mass is 10.2. The lowest BCUT2D eigenvalue weighted by molar-refractivity contribution is 0.625. The van der Waals surface area contributed by atoms with Crippen LogP contribution in [0.3, 0.4) is 0 Å². The summed E-state index contributed by atoms with van der Waals surface area (Å²) in [5.74, 6) is -0.142. The van der Waals surface area contributed by atoms with Crippen LogP contribution in [0.15, 0.2) is 23.1 Å². The van der Waals surface area contributed by atoms with E-state index in [9.17, 15) is 4.39 Å². The average molecular weight is 211 g/mol. The Morgan fingerprint density at radius 3 is 3.00 bits per heavy atom. The fraction of sp³-hybridized carbons (Fsp3) is 0.455. The van der Waals surface area contributed by atoms with Crippen LogP contribution in [0.25, 0.3) is 0 Å². The summed E-state index contributed by atoms with van der Waals surface area (Å²) < 4.78 is 12.8. The van der Waals surface area contributed by atoms with Crippen molar-refractivity contribution in [1.82, 2.24) is 5.32 Å². The third kappa shape index (κ3) is 2.28. The van der Waals surface area contributed by atoms with E-state index < -0.39 is 0 Å². The summed E-state index contributed by atoms with van der Waals surface area (Å²) in [5.41, 5.74) is 1.04. The summed E-state index contributed by atoms with van der Waals surface area (Å²) in [6.45, 7) is 4.15. The van der Waals surface area contributed by atoms with E-state index in [1.165, 1.54) is 17.4 Å². The predicted octanol–water partition coefficient (Wildman–Crippen LogP) is 2.59. The second-order valence-electron chi connectivity index (χ2n) is 3.64. The molecule has 1 aromatic rings. The largest absolute Gasteiger partial charge is 0.316 e. The maximum absolute atomic E-state index is 12.8. The molecule has 0 aliphatic carbocycles. The zero-order chi connectivity index (χ0) is 9.97. The van der Waals surface area contributed by atoms with Crippen LogP contribution in [-0.4, -0.2) is 18.3 Å². The first-order chi connectivity index (χ1) is 6.75. The van der Waals surface area contributed by atoms with Gasteiger partial charge in [0.25, 0.3) is 0 Å². The fourth-order valence-electron chi connectivity index (χ4n) is 1.65. The maximum Gasteiger partial charge on any atom is 0.123 e. The number of hydrogen-bond acceptors (Lipinski definition) is 2. The highest BCUT2D eigenvalue weighted by atomic mass is 32.2. The van der Waals surface area contributed by atoms with Crippen molar-refractivity contribution < 1.29 is 4.39 Å². The van der Waals surface area contributed by atoms with Gasteiger partial charge in [-0.3, -0.25) is 0 Å². The molecule has 0 spiro atoms. The van der Waals surface area contributed by atoms with Crippen LogP contribution in [0, 0.1) is 12.7 Å². The molecule has 2 rings (SSSR count). The van der Waals surface area contributed by atoms with Crippen molar-refractivity contribution >= 4 is 11.8 Å². The molecule has 1 heterocycles. The van der Waals surface area contributed by atoms with Crippen LogP contribution < -0.4 is 5.32 Å². The Kier molecular flexibility index (Phi) is 3.08. The molecule has 1 aliphatic heterocycles. The van der Waals surface area contributed by atoms with Crippen LogP contribution in [0.4, 0.5) is 4.39 Å². The lowest BCUT2D eigenvalue weighted by Crippen LogP contribution is -2.10. The molecule has 3 heteroatoms. The molecule has 1 aliphatic rings. The fourth-order valence-corrected chi connectivity index (χ4v) is 2.84. The predicted molar refractivity (Wildman–Crippen MR) is 58.3 cm³/mol. The second-order valence-corrected chi connectivity index (χ2v) is 4.98. The van der Waals surface area contributed by atoms with E-state index in [-0.39, 0.29) is 5.82 Å². The lowest BCUT2D eigenvalue weighted by Gasteiger charge is -2.10. The van der Waals surface area contributed by atoms with Gasteiger partial charge in [0.15, 0.2) is 0 Å². The number of nitrogens with one attached hydrogen (secondary N) is 1. The van der Waals surface area contributed by atoms with E-state index in [1.807, 2.05) is 24.8 Å². The van der Waals surface area contributed by atoms with Gasteiger partial charge in [0.1, 0.15) is 5.82 Å². The molecule has 1 aromatic carbocycles. The standard InChI is InChI=1S/C11H14FNS/c1-8-6-9(12)2-3-11(8)14-10-4-5-13-7-10/h2-3,6,10,13H,4-5,7H2,1H3. The Morgan fingerprint density at radius 2 is 2.36 bits per heavy atom. The molecule has 1 fully saturated rings. The van der Waals surface area contributed by atoms with Gasteiger partial charge in [0, 0.05) is 16.7 Å². The van der Waals surface area contributed by atoms with Gasteiger partial charge in [-0.05, 0) is 43.7 Å². The van der Waals surface area contributed by atoms with Crippen LogP contribution in [0.1, 0.15) is 12.0 Å². The third-order valence-corrected chi connectivity index (χ3v) is 3.89. The van der Waals surface area contributed by atoms with E-state index in [0.717, 1.165) is 18.7 Å². The smallest absolute Gasteiger partial charge is 0.123 e. The number of benzene rings is 1. The highest BCUT2D eigenvalue weighted by molar-refractivity contribution is 8.00. The first-order valence-corrected chi connectivity index (χ1v) is 5.77. The summed E-state index contributed by atoms with van der Waals surface area (Å²) in [5, 5.41) is 3.98. The van der Waals surface area contributed by atoms with E-state index in [2.05, 4.69) is 5.32 Å². The Balaban J connectivity index is 2.08. The molecule has 76 valence electrons. The molecule has 14 heavy (non-hydrogen) atoms. The van der Waals surface area contributed by atoms with Gasteiger partial charge in [-0.15, -0.1) is 11.8 Å². The Bertz CT molecular complexity index is 321. The molecule has 1 atom stereocenters. The number of halogens is 1. The van der Waals surface area contributed by atoms with Crippen LogP contribution >= 0.6 is 11.8 Å². The second kappa shape index (κ2) is 4.32. The number of rotatable bonds is 2. The molecule has 0 saturated carbocycles. The highest BCUT2D eigenvalue weighted by Gasteiger charge is 2.16. The Morgan fingerprint density at radius 1 is 1.50 bits per heavy atom. The van der Waals surface area contributed by atoms with Gasteiger partial charge in [0.05, 0.1) is 0 Å². The maximum atomic E-state index is 12.8. The Hall–Kier alpha value is -0.540. The molecule has 0 bridgehead atoms. The summed E-state index contributed by atoms with van der Waals surface area (Å²) in [6, 6.07) is 5.02. The number of thioether (sulfide) groups is 1. The molecular weight excluding hydrogens is 197 g/mol. The van der Waals surface area contributed by atoms with Crippen LogP contribution in [0.5, 0.6) is 0 Å².